The van der Waals surface area contributed by atoms with Gasteiger partial charge in [-0.25, -0.2) is 4.79 Å². The Morgan fingerprint density at radius 2 is 1.88 bits per heavy atom. The number of hydrogen-bond acceptors (Lipinski definition) is 4. The van der Waals surface area contributed by atoms with Crippen molar-refractivity contribution in [3.63, 3.8) is 0 Å². The number of rotatable bonds is 6. The minimum Gasteiger partial charge on any atom is -0.452 e. The quantitative estimate of drug-likeness (QED) is 0.766. The fourth-order valence-electron chi connectivity index (χ4n) is 2.23. The average molecular weight is 322 g/mol. The lowest BCUT2D eigenvalue weighted by Gasteiger charge is -2.21. The van der Waals surface area contributed by atoms with E-state index in [2.05, 4.69) is 0 Å². The second kappa shape index (κ2) is 8.49. The minimum atomic E-state index is -0.541. The van der Waals surface area contributed by atoms with Crippen molar-refractivity contribution in [2.24, 2.45) is 0 Å². The number of carbonyl (C=O) groups excluding carboxylic acids is 2. The number of ether oxygens (including phenoxy) is 1. The van der Waals surface area contributed by atoms with E-state index in [4.69, 9.17) is 10.00 Å². The molecule has 0 aliphatic rings. The number of amides is 1. The summed E-state index contributed by atoms with van der Waals surface area (Å²) in [6, 6.07) is 18.0. The molecule has 0 atom stereocenters. The Balaban J connectivity index is 2.02. The van der Waals surface area contributed by atoms with Gasteiger partial charge < -0.3 is 9.64 Å². The molecule has 1 amide bonds. The summed E-state index contributed by atoms with van der Waals surface area (Å²) in [5.41, 5.74) is 2.02. The van der Waals surface area contributed by atoms with Crippen LogP contribution in [0.3, 0.4) is 0 Å². The number of nitriles is 1. The molecule has 0 radical (unpaired) electrons. The minimum absolute atomic E-state index is 0.201. The number of aryl methyl sites for hydroxylation is 1. The number of carbonyl (C=O) groups is 2. The van der Waals surface area contributed by atoms with Crippen molar-refractivity contribution >= 4 is 17.6 Å². The van der Waals surface area contributed by atoms with Crippen molar-refractivity contribution in [1.82, 2.24) is 0 Å². The maximum Gasteiger partial charge on any atom is 0.338 e. The highest BCUT2D eigenvalue weighted by Gasteiger charge is 2.18. The molecule has 2 aromatic carbocycles. The Kier molecular flexibility index (Phi) is 6.09. The number of para-hydroxylation sites is 1. The highest BCUT2D eigenvalue weighted by molar-refractivity contribution is 5.97. The molecule has 0 saturated heterocycles. The van der Waals surface area contributed by atoms with E-state index in [1.54, 1.807) is 42.5 Å². The van der Waals surface area contributed by atoms with Crippen LogP contribution in [-0.4, -0.2) is 25.0 Å². The molecule has 0 aliphatic carbocycles. The van der Waals surface area contributed by atoms with Gasteiger partial charge in [-0.15, -0.1) is 0 Å². The Morgan fingerprint density at radius 1 is 1.12 bits per heavy atom. The molecule has 0 aromatic heterocycles. The first kappa shape index (κ1) is 17.2. The summed E-state index contributed by atoms with van der Waals surface area (Å²) in [7, 11) is 0. The molecule has 122 valence electrons. The van der Waals surface area contributed by atoms with Crippen LogP contribution in [0.4, 0.5) is 5.69 Å². The zero-order valence-corrected chi connectivity index (χ0v) is 13.4. The van der Waals surface area contributed by atoms with Gasteiger partial charge in [0.15, 0.2) is 6.61 Å². The molecular formula is C19H18N2O3. The summed E-state index contributed by atoms with van der Waals surface area (Å²) < 4.78 is 5.11. The first-order valence-electron chi connectivity index (χ1n) is 7.58. The third-order valence-corrected chi connectivity index (χ3v) is 3.40. The average Bonchev–Trinajstić information content (AvgIpc) is 2.61. The first-order valence-corrected chi connectivity index (χ1v) is 7.58. The van der Waals surface area contributed by atoms with Crippen molar-refractivity contribution in [1.29, 1.82) is 5.26 Å². The molecule has 2 rings (SSSR count). The zero-order valence-electron chi connectivity index (χ0n) is 13.4. The molecule has 5 heteroatoms. The van der Waals surface area contributed by atoms with Crippen molar-refractivity contribution in [3.05, 3.63) is 65.7 Å². The van der Waals surface area contributed by atoms with Crippen LogP contribution in [0.15, 0.2) is 54.6 Å². The van der Waals surface area contributed by atoms with Crippen molar-refractivity contribution in [2.45, 2.75) is 13.3 Å². The fourth-order valence-corrected chi connectivity index (χ4v) is 2.23. The van der Waals surface area contributed by atoms with Gasteiger partial charge >= 0.3 is 5.97 Å². The summed E-state index contributed by atoms with van der Waals surface area (Å²) in [6.45, 7) is 1.76. The third kappa shape index (κ3) is 4.68. The number of esters is 1. The lowest BCUT2D eigenvalue weighted by molar-refractivity contribution is -0.121. The molecule has 24 heavy (non-hydrogen) atoms. The van der Waals surface area contributed by atoms with E-state index in [-0.39, 0.29) is 25.5 Å². The van der Waals surface area contributed by atoms with E-state index in [1.165, 1.54) is 4.90 Å². The topological polar surface area (TPSA) is 70.4 Å². The van der Waals surface area contributed by atoms with Crippen LogP contribution < -0.4 is 4.90 Å². The standard InChI is InChI=1S/C19H18N2O3/c1-15-7-5-8-16(13-15)19(23)24-14-18(22)21(12-6-11-20)17-9-3-2-4-10-17/h2-5,7-10,13H,6,12,14H2,1H3. The lowest BCUT2D eigenvalue weighted by Crippen LogP contribution is -2.35. The fraction of sp³-hybridized carbons (Fsp3) is 0.211. The van der Waals surface area contributed by atoms with Gasteiger partial charge in [-0.1, -0.05) is 35.9 Å². The molecule has 0 saturated carbocycles. The van der Waals surface area contributed by atoms with Gasteiger partial charge in [-0.05, 0) is 31.2 Å². The molecule has 2 aromatic rings. The molecule has 0 aliphatic heterocycles. The molecule has 5 nitrogen and oxygen atoms in total. The number of hydrogen-bond donors (Lipinski definition) is 0. The van der Waals surface area contributed by atoms with E-state index >= 15 is 0 Å². The van der Waals surface area contributed by atoms with Gasteiger partial charge in [0.2, 0.25) is 0 Å². The Morgan fingerprint density at radius 3 is 2.54 bits per heavy atom. The number of anilines is 1. The third-order valence-electron chi connectivity index (χ3n) is 3.40. The van der Waals surface area contributed by atoms with Gasteiger partial charge in [0.1, 0.15) is 0 Å². The van der Waals surface area contributed by atoms with Crippen molar-refractivity contribution < 1.29 is 14.3 Å². The van der Waals surface area contributed by atoms with Crippen molar-refractivity contribution in [2.75, 3.05) is 18.1 Å². The summed E-state index contributed by atoms with van der Waals surface area (Å²) >= 11 is 0. The Bertz CT molecular complexity index is 751. The molecule has 0 N–H and O–H groups in total. The van der Waals surface area contributed by atoms with Crippen LogP contribution in [0.25, 0.3) is 0 Å². The van der Waals surface area contributed by atoms with Crippen molar-refractivity contribution in [3.8, 4) is 6.07 Å². The predicted octanol–water partition coefficient (Wildman–Crippen LogP) is 3.10. The zero-order chi connectivity index (χ0) is 17.4. The SMILES string of the molecule is Cc1cccc(C(=O)OCC(=O)N(CCC#N)c2ccccc2)c1. The van der Waals surface area contributed by atoms with Crippen LogP contribution in [0, 0.1) is 18.3 Å². The maximum absolute atomic E-state index is 12.4. The number of benzene rings is 2. The largest absolute Gasteiger partial charge is 0.452 e. The van der Waals surface area contributed by atoms with Gasteiger partial charge in [0, 0.05) is 12.2 Å². The molecule has 0 bridgehead atoms. The molecular weight excluding hydrogens is 304 g/mol. The van der Waals surface area contributed by atoms with Crippen LogP contribution >= 0.6 is 0 Å². The number of nitrogens with zero attached hydrogens (tertiary/aromatic N) is 2. The highest BCUT2D eigenvalue weighted by Crippen LogP contribution is 2.14. The van der Waals surface area contributed by atoms with E-state index < -0.39 is 5.97 Å². The highest BCUT2D eigenvalue weighted by atomic mass is 16.5. The monoisotopic (exact) mass is 322 g/mol. The molecule has 0 fully saturated rings. The smallest absolute Gasteiger partial charge is 0.338 e. The lowest BCUT2D eigenvalue weighted by atomic mass is 10.1. The van der Waals surface area contributed by atoms with E-state index in [9.17, 15) is 9.59 Å². The van der Waals surface area contributed by atoms with Crippen LogP contribution in [-0.2, 0) is 9.53 Å². The maximum atomic E-state index is 12.4. The first-order chi connectivity index (χ1) is 11.6. The van der Waals surface area contributed by atoms with Gasteiger partial charge in [-0.3, -0.25) is 4.79 Å². The van der Waals surface area contributed by atoms with E-state index in [0.29, 0.717) is 11.3 Å². The van der Waals surface area contributed by atoms with Gasteiger partial charge in [-0.2, -0.15) is 5.26 Å². The van der Waals surface area contributed by atoms with Gasteiger partial charge in [0.05, 0.1) is 18.1 Å². The van der Waals surface area contributed by atoms with Crippen LogP contribution in [0.1, 0.15) is 22.3 Å². The normalized spacial score (nSPS) is 9.83. The van der Waals surface area contributed by atoms with Crippen LogP contribution in [0.5, 0.6) is 0 Å². The summed E-state index contributed by atoms with van der Waals surface area (Å²) in [4.78, 5) is 25.9. The summed E-state index contributed by atoms with van der Waals surface area (Å²) in [5, 5.41) is 8.76. The molecule has 0 unspecified atom stereocenters. The van der Waals surface area contributed by atoms with Crippen LogP contribution in [0.2, 0.25) is 0 Å². The summed E-state index contributed by atoms with van der Waals surface area (Å²) in [5.74, 6) is -0.905. The van der Waals surface area contributed by atoms with Gasteiger partial charge in [0.25, 0.3) is 5.91 Å². The van der Waals surface area contributed by atoms with E-state index in [0.717, 1.165) is 5.56 Å². The summed E-state index contributed by atoms with van der Waals surface area (Å²) in [6.07, 6.45) is 0.201. The van der Waals surface area contributed by atoms with E-state index in [1.807, 2.05) is 25.1 Å². The second-order valence-corrected chi connectivity index (χ2v) is 5.23. The Hall–Kier alpha value is -3.13. The molecule has 0 heterocycles. The predicted molar refractivity (Wildman–Crippen MR) is 90.5 cm³/mol. The Labute approximate surface area is 141 Å². The molecule has 0 spiro atoms. The second-order valence-electron chi connectivity index (χ2n) is 5.23.